The molecule has 2 aromatic heterocycles. The zero-order chi connectivity index (χ0) is 98.7. The molecule has 2 aliphatic rings. The Bertz CT molecular complexity index is 9610. The Hall–Kier alpha value is -18.5. The van der Waals surface area contributed by atoms with Crippen molar-refractivity contribution in [2.45, 2.75) is 52.4 Å². The van der Waals surface area contributed by atoms with Crippen LogP contribution in [0.25, 0.3) is 229 Å². The van der Waals surface area contributed by atoms with Gasteiger partial charge in [0.1, 0.15) is 0 Å². The monoisotopic (exact) mass is 1890 g/mol. The van der Waals surface area contributed by atoms with Gasteiger partial charge < -0.3 is 18.9 Å². The second kappa shape index (κ2) is 34.7. The van der Waals surface area contributed by atoms with Crippen molar-refractivity contribution in [1.29, 1.82) is 0 Å². The molecule has 0 saturated heterocycles. The Kier molecular flexibility index (Phi) is 20.5. The van der Waals surface area contributed by atoms with Gasteiger partial charge in [-0.15, -0.1) is 0 Å². The maximum atomic E-state index is 2.55. The van der Waals surface area contributed by atoms with Gasteiger partial charge in [-0.05, 0) is 415 Å². The molecule has 0 radical (unpaired) electrons. The molecule has 0 N–H and O–H groups in total. The number of hydrogen-bond acceptors (Lipinski definition) is 2. The summed E-state index contributed by atoms with van der Waals surface area (Å²) in [7, 11) is 0. The third-order valence-corrected chi connectivity index (χ3v) is 32.1. The number of fused-ring (bicyclic) bond motifs is 26. The molecule has 0 atom stereocenters. The van der Waals surface area contributed by atoms with E-state index in [4.69, 9.17) is 0 Å². The van der Waals surface area contributed by atoms with Crippen LogP contribution in [0.3, 0.4) is 0 Å². The minimum atomic E-state index is -0.156. The quantitative estimate of drug-likeness (QED) is 0.0895. The molecular weight excluding hydrogens is 1790 g/mol. The first-order valence-electron chi connectivity index (χ1n) is 52.0. The van der Waals surface area contributed by atoms with E-state index in [-0.39, 0.29) is 10.8 Å². The van der Waals surface area contributed by atoms with Crippen molar-refractivity contribution in [2.24, 2.45) is 0 Å². The van der Waals surface area contributed by atoms with Crippen molar-refractivity contribution in [2.75, 3.05) is 9.80 Å². The SMILES string of the molecule is CC.CC1(C)c2ccccc2-c2cc3c(-c4ccc(N(c5ccccc5)c5ccccc5)cc4)cc4cc5cc(-c6ccc(N(c7ccccc7)c7ccccc7)cc6)c6cc7c(cc6c5cc4c3cc21)C(C)(C)c1ccccc1-7.c1ccc(-n2c3ccccc3c3cc4c(-c5ccc6ccccc6c5)cc5cc6cc(-c7ccc8ccccc8c7)c7cc8c9ccccc9n(-c9ccccc9)c8cc7c6cc5c4cc32)cc1. The van der Waals surface area contributed by atoms with Crippen LogP contribution in [-0.4, -0.2) is 9.13 Å². The van der Waals surface area contributed by atoms with Gasteiger partial charge in [-0.1, -0.05) is 333 Å². The number of anilines is 6. The van der Waals surface area contributed by atoms with Gasteiger partial charge in [0.05, 0.1) is 22.1 Å². The first-order chi connectivity index (χ1) is 72.9. The Morgan fingerprint density at radius 3 is 0.791 bits per heavy atom. The third-order valence-electron chi connectivity index (χ3n) is 32.1. The van der Waals surface area contributed by atoms with Crippen LogP contribution in [0, 0.1) is 0 Å². The zero-order valence-corrected chi connectivity index (χ0v) is 83.3. The molecule has 26 aromatic carbocycles. The average molecular weight is 1890 g/mol. The molecule has 2 heterocycles. The standard InChI is InChI=1S/C76H56N2.C66H40N2.C2H6/c1-75(2)71-31-19-17-29-59(71)69-45-65-61(49-33-37-57(38-34-49)77(53-21-9-5-10-22-53)54-23-11-6-12-24-54)42-51-41-52-43-62(50-35-39-58(40-36-50)78(55-25-13-7-14-26-55)56-27-15-8-16-28-56)66-46-70-60-30-18-20-32-72(60)76(3,4)74(70)48-68(66)64(52)44-63(51)67(65)47-73(69)75;1-3-19-49(20-4-1)67-63-25-13-11-23-51(63)61-37-57-53(45-29-27-41-15-7-9-17-43(41)31-45)34-47-33-48-35-54(46-30-28-42-16-8-10-18-44(42)32-46)58-38-62-52-24-12-14-26-64(52)68(50-21-5-2-6-22-50)66(62)40-60(58)56(48)36-55(47)59(57)39-65(61)67;1-2/h5-48H,1-4H3;1-40H;1-2H3. The molecule has 0 saturated carbocycles. The Balaban J connectivity index is 0.000000142. The molecule has 698 valence electrons. The highest BCUT2D eigenvalue weighted by atomic mass is 15.1. The number of benzene rings is 26. The van der Waals surface area contributed by atoms with Gasteiger partial charge in [0, 0.05) is 77.9 Å². The normalized spacial score (nSPS) is 12.8. The first-order valence-corrected chi connectivity index (χ1v) is 52.0. The minimum absolute atomic E-state index is 0.156. The molecular formula is C144H102N4. The Morgan fingerprint density at radius 2 is 0.426 bits per heavy atom. The lowest BCUT2D eigenvalue weighted by Gasteiger charge is -2.26. The van der Waals surface area contributed by atoms with Gasteiger partial charge in [0.2, 0.25) is 0 Å². The van der Waals surface area contributed by atoms with E-state index in [1.165, 1.54) is 240 Å². The van der Waals surface area contributed by atoms with Crippen molar-refractivity contribution in [3.63, 3.8) is 0 Å². The van der Waals surface area contributed by atoms with Crippen LogP contribution in [0.15, 0.2) is 510 Å². The molecule has 0 amide bonds. The maximum absolute atomic E-state index is 2.55. The highest BCUT2D eigenvalue weighted by molar-refractivity contribution is 6.29. The largest absolute Gasteiger partial charge is 0.311 e. The van der Waals surface area contributed by atoms with Crippen LogP contribution in [0.5, 0.6) is 0 Å². The van der Waals surface area contributed by atoms with Crippen LogP contribution in [0.4, 0.5) is 34.1 Å². The van der Waals surface area contributed by atoms with E-state index in [1.54, 1.807) is 0 Å². The molecule has 0 fully saturated rings. The highest BCUT2D eigenvalue weighted by Gasteiger charge is 2.39. The fraction of sp³-hybridized carbons (Fsp3) is 0.0556. The van der Waals surface area contributed by atoms with Crippen LogP contribution >= 0.6 is 0 Å². The summed E-state index contributed by atoms with van der Waals surface area (Å²) < 4.78 is 4.90. The molecule has 0 aliphatic heterocycles. The number of aromatic nitrogens is 2. The minimum Gasteiger partial charge on any atom is -0.311 e. The van der Waals surface area contributed by atoms with E-state index >= 15 is 0 Å². The molecule has 4 heteroatoms. The number of hydrogen-bond donors (Lipinski definition) is 0. The molecule has 28 aromatic rings. The lowest BCUT2D eigenvalue weighted by Crippen LogP contribution is -2.14. The van der Waals surface area contributed by atoms with Gasteiger partial charge in [-0.25, -0.2) is 0 Å². The van der Waals surface area contributed by atoms with E-state index < -0.39 is 0 Å². The van der Waals surface area contributed by atoms with Crippen LogP contribution in [-0.2, 0) is 10.8 Å². The summed E-state index contributed by atoms with van der Waals surface area (Å²) in [5.74, 6) is 0. The molecule has 0 unspecified atom stereocenters. The second-order valence-corrected chi connectivity index (χ2v) is 41.0. The molecule has 30 rings (SSSR count). The van der Waals surface area contributed by atoms with Gasteiger partial charge >= 0.3 is 0 Å². The maximum Gasteiger partial charge on any atom is 0.0547 e. The van der Waals surface area contributed by atoms with Crippen molar-refractivity contribution in [1.82, 2.24) is 9.13 Å². The van der Waals surface area contributed by atoms with E-state index in [9.17, 15) is 0 Å². The smallest absolute Gasteiger partial charge is 0.0547 e. The second-order valence-electron chi connectivity index (χ2n) is 41.0. The van der Waals surface area contributed by atoms with Crippen molar-refractivity contribution < 1.29 is 0 Å². The zero-order valence-electron chi connectivity index (χ0n) is 83.3. The number of rotatable bonds is 12. The van der Waals surface area contributed by atoms with Crippen LogP contribution in [0.1, 0.15) is 63.8 Å². The molecule has 4 nitrogen and oxygen atoms in total. The van der Waals surface area contributed by atoms with Crippen molar-refractivity contribution in [3.05, 3.63) is 532 Å². The van der Waals surface area contributed by atoms with Gasteiger partial charge in [-0.3, -0.25) is 0 Å². The summed E-state index contributed by atoms with van der Waals surface area (Å²) in [6, 6.07) is 190. The summed E-state index contributed by atoms with van der Waals surface area (Å²) >= 11 is 0. The fourth-order valence-electron chi connectivity index (χ4n) is 25.1. The lowest BCUT2D eigenvalue weighted by molar-refractivity contribution is 0.661. The predicted molar refractivity (Wildman–Crippen MR) is 634 cm³/mol. The highest BCUT2D eigenvalue weighted by Crippen LogP contribution is 2.57. The summed E-state index contributed by atoms with van der Waals surface area (Å²) in [6.45, 7) is 13.6. The lowest BCUT2D eigenvalue weighted by atomic mass is 9.80. The molecule has 2 aliphatic carbocycles. The molecule has 0 bridgehead atoms. The average Bonchev–Trinajstić information content (AvgIpc) is 1.46. The molecule has 0 spiro atoms. The van der Waals surface area contributed by atoms with Gasteiger partial charge in [0.15, 0.2) is 0 Å². The predicted octanol–water partition coefficient (Wildman–Crippen LogP) is 40.3. The fourth-order valence-corrected chi connectivity index (χ4v) is 25.1. The Labute approximate surface area is 860 Å². The van der Waals surface area contributed by atoms with E-state index in [0.717, 1.165) is 45.5 Å². The van der Waals surface area contributed by atoms with Crippen molar-refractivity contribution >= 4 is 185 Å². The first kappa shape index (κ1) is 87.3. The summed E-state index contributed by atoms with van der Waals surface area (Å²) in [5.41, 5.74) is 34.1. The third kappa shape index (κ3) is 14.0. The topological polar surface area (TPSA) is 16.3 Å². The van der Waals surface area contributed by atoms with Gasteiger partial charge in [-0.2, -0.15) is 0 Å². The van der Waals surface area contributed by atoms with E-state index in [2.05, 4.69) is 556 Å². The number of para-hydroxylation sites is 8. The number of nitrogens with zero attached hydrogens (tertiary/aromatic N) is 4. The van der Waals surface area contributed by atoms with Crippen molar-refractivity contribution in [3.8, 4) is 78.1 Å². The molecule has 148 heavy (non-hydrogen) atoms. The van der Waals surface area contributed by atoms with E-state index in [1.807, 2.05) is 13.8 Å². The summed E-state index contributed by atoms with van der Waals surface area (Å²) in [6.07, 6.45) is 0. The van der Waals surface area contributed by atoms with Crippen LogP contribution < -0.4 is 9.80 Å². The summed E-state index contributed by atoms with van der Waals surface area (Å²) in [5, 5.41) is 30.0. The van der Waals surface area contributed by atoms with E-state index in [0.29, 0.717) is 0 Å². The summed E-state index contributed by atoms with van der Waals surface area (Å²) in [4.78, 5) is 4.68. The van der Waals surface area contributed by atoms with Gasteiger partial charge in [0.25, 0.3) is 0 Å². The Morgan fingerprint density at radius 1 is 0.149 bits per heavy atom. The van der Waals surface area contributed by atoms with Crippen LogP contribution in [0.2, 0.25) is 0 Å².